The van der Waals surface area contributed by atoms with E-state index >= 15 is 0 Å². The second-order valence-corrected chi connectivity index (χ2v) is 11.6. The molecule has 0 saturated carbocycles. The van der Waals surface area contributed by atoms with Gasteiger partial charge in [-0.15, -0.1) is 0 Å². The summed E-state index contributed by atoms with van der Waals surface area (Å²) in [4.78, 5) is 14.5. The van der Waals surface area contributed by atoms with Gasteiger partial charge in [-0.1, -0.05) is 25.2 Å². The van der Waals surface area contributed by atoms with E-state index in [0.717, 1.165) is 53.8 Å². The lowest BCUT2D eigenvalue weighted by molar-refractivity contribution is 0.0272. The molecule has 0 aromatic carbocycles. The maximum Gasteiger partial charge on any atom is 0.197 e. The number of H-pyrrole nitrogens is 1. The Bertz CT molecular complexity index is 1420. The summed E-state index contributed by atoms with van der Waals surface area (Å²) >= 11 is 1.76. The molecule has 10 nitrogen and oxygen atoms in total. The average Bonchev–Trinajstić information content (AvgIpc) is 3.74. The number of rotatable bonds is 6. The van der Waals surface area contributed by atoms with Crippen LogP contribution in [0.4, 0.5) is 5.00 Å². The van der Waals surface area contributed by atoms with E-state index in [9.17, 15) is 0 Å². The summed E-state index contributed by atoms with van der Waals surface area (Å²) in [7, 11) is 1.65. The maximum atomic E-state index is 5.59. The molecular formula is C26H32N8O2S. The Kier molecular flexibility index (Phi) is 5.67. The van der Waals surface area contributed by atoms with Crippen LogP contribution in [0.5, 0.6) is 5.75 Å². The second kappa shape index (κ2) is 9.07. The van der Waals surface area contributed by atoms with Gasteiger partial charge in [0.05, 0.1) is 24.7 Å². The number of nitrogens with one attached hydrogen (secondary N) is 1. The minimum atomic E-state index is 0.254. The second-order valence-electron chi connectivity index (χ2n) is 10.6. The molecule has 37 heavy (non-hydrogen) atoms. The first-order valence-corrected chi connectivity index (χ1v) is 13.9. The molecule has 4 aromatic rings. The van der Waals surface area contributed by atoms with Crippen LogP contribution in [0.15, 0.2) is 24.8 Å². The van der Waals surface area contributed by atoms with Gasteiger partial charge in [0.2, 0.25) is 0 Å². The molecule has 11 heteroatoms. The Morgan fingerprint density at radius 3 is 2.76 bits per heavy atom. The highest BCUT2D eigenvalue weighted by molar-refractivity contribution is 7.18. The van der Waals surface area contributed by atoms with Crippen molar-refractivity contribution >= 4 is 22.0 Å². The van der Waals surface area contributed by atoms with Crippen molar-refractivity contribution in [3.63, 3.8) is 0 Å². The molecule has 3 saturated heterocycles. The third-order valence-electron chi connectivity index (χ3n) is 8.15. The van der Waals surface area contributed by atoms with Gasteiger partial charge in [-0.2, -0.15) is 10.2 Å². The third kappa shape index (κ3) is 3.82. The van der Waals surface area contributed by atoms with Gasteiger partial charge in [0.25, 0.3) is 0 Å². The molecule has 7 heterocycles. The smallest absolute Gasteiger partial charge is 0.197 e. The fourth-order valence-corrected chi connectivity index (χ4v) is 7.42. The molecule has 3 fully saturated rings. The number of aromatic amines is 1. The van der Waals surface area contributed by atoms with E-state index in [1.807, 2.05) is 12.3 Å². The van der Waals surface area contributed by atoms with E-state index in [2.05, 4.69) is 45.0 Å². The molecule has 4 aromatic heterocycles. The fourth-order valence-electron chi connectivity index (χ4n) is 6.42. The first-order valence-electron chi connectivity index (χ1n) is 13.1. The van der Waals surface area contributed by atoms with Crippen LogP contribution in [0.3, 0.4) is 0 Å². The maximum absolute atomic E-state index is 5.59. The summed E-state index contributed by atoms with van der Waals surface area (Å²) in [5.41, 5.74) is 4.66. The van der Waals surface area contributed by atoms with Crippen molar-refractivity contribution in [2.45, 2.75) is 57.2 Å². The Hall–Kier alpha value is -3.02. The molecule has 1 N–H and O–H groups in total. The number of hydrogen-bond acceptors (Lipinski definition) is 9. The molecule has 0 aliphatic carbocycles. The molecule has 0 radical (unpaired) electrons. The Labute approximate surface area is 219 Å². The number of likely N-dealkylation sites (tertiary alicyclic amines) is 1. The number of methoxy groups -OCH3 is 1. The molecule has 194 valence electrons. The van der Waals surface area contributed by atoms with Gasteiger partial charge < -0.3 is 14.4 Å². The third-order valence-corrected chi connectivity index (χ3v) is 9.20. The van der Waals surface area contributed by atoms with E-state index in [1.165, 1.54) is 30.6 Å². The number of pyridine rings is 1. The number of nitrogens with zero attached hydrogens (tertiary/aromatic N) is 7. The summed E-state index contributed by atoms with van der Waals surface area (Å²) in [5.74, 6) is 0.925. The summed E-state index contributed by atoms with van der Waals surface area (Å²) in [6.07, 6.45) is 9.13. The van der Waals surface area contributed by atoms with Crippen molar-refractivity contribution in [3.05, 3.63) is 30.4 Å². The molecule has 3 aliphatic heterocycles. The zero-order chi connectivity index (χ0) is 25.1. The van der Waals surface area contributed by atoms with Crippen LogP contribution >= 0.6 is 11.3 Å². The van der Waals surface area contributed by atoms with Crippen molar-refractivity contribution in [2.24, 2.45) is 0 Å². The van der Waals surface area contributed by atoms with Gasteiger partial charge in [-0.25, -0.2) is 14.5 Å². The molecule has 0 amide bonds. The molecule has 0 unspecified atom stereocenters. The Morgan fingerprint density at radius 2 is 2.00 bits per heavy atom. The number of anilines is 1. The normalized spacial score (nSPS) is 22.6. The lowest BCUT2D eigenvalue weighted by Crippen LogP contribution is -2.51. The quantitative estimate of drug-likeness (QED) is 0.410. The SMILES string of the molecule is COc1cc(-c2n[nH]c(-c3ncc(N4C[C@@H]5C[C@H]4CN5C4CCOCC4)s3)c2C(C)C)cn2ncnc12. The van der Waals surface area contributed by atoms with Gasteiger partial charge in [-0.3, -0.25) is 10.00 Å². The highest BCUT2D eigenvalue weighted by atomic mass is 32.1. The van der Waals surface area contributed by atoms with Gasteiger partial charge in [0.1, 0.15) is 16.3 Å². The van der Waals surface area contributed by atoms with Crippen LogP contribution in [-0.2, 0) is 4.74 Å². The monoisotopic (exact) mass is 520 g/mol. The highest BCUT2D eigenvalue weighted by Gasteiger charge is 2.46. The summed E-state index contributed by atoms with van der Waals surface area (Å²) < 4.78 is 12.9. The molecule has 0 spiro atoms. The minimum absolute atomic E-state index is 0.254. The number of piperazine rings is 1. The van der Waals surface area contributed by atoms with E-state index in [0.29, 0.717) is 29.5 Å². The van der Waals surface area contributed by atoms with Crippen LogP contribution in [0.1, 0.15) is 44.6 Å². The van der Waals surface area contributed by atoms with Crippen LogP contribution < -0.4 is 9.64 Å². The van der Waals surface area contributed by atoms with Gasteiger partial charge in [0.15, 0.2) is 11.4 Å². The van der Waals surface area contributed by atoms with Crippen LogP contribution in [-0.4, -0.2) is 86.2 Å². The van der Waals surface area contributed by atoms with Gasteiger partial charge in [-0.05, 0) is 31.2 Å². The van der Waals surface area contributed by atoms with Crippen molar-refractivity contribution in [1.29, 1.82) is 0 Å². The van der Waals surface area contributed by atoms with Gasteiger partial charge >= 0.3 is 0 Å². The summed E-state index contributed by atoms with van der Waals surface area (Å²) in [5, 5.41) is 14.6. The number of ether oxygens (including phenoxy) is 2. The van der Waals surface area contributed by atoms with Crippen LogP contribution in [0.2, 0.25) is 0 Å². The minimum Gasteiger partial charge on any atom is -0.493 e. The summed E-state index contributed by atoms with van der Waals surface area (Å²) in [6.45, 7) is 8.45. The van der Waals surface area contributed by atoms with Crippen LogP contribution in [0.25, 0.3) is 27.6 Å². The standard InChI is InChI=1S/C26H32N8O2S/c1-15(2)22-23(16-8-20(35-3)25-28-14-29-34(25)11-16)30-31-24(22)26-27-10-21(37-26)33-13-18-9-19(33)12-32(18)17-4-6-36-7-5-17/h8,10-11,14-15,17-19H,4-7,9,12-13H2,1-3H3,(H,30,31)/t18-,19-/m0/s1. The van der Waals surface area contributed by atoms with Crippen molar-refractivity contribution < 1.29 is 9.47 Å². The van der Waals surface area contributed by atoms with E-state index in [4.69, 9.17) is 19.6 Å². The molecular weight excluding hydrogens is 488 g/mol. The summed E-state index contributed by atoms with van der Waals surface area (Å²) in [6, 6.07) is 3.89. The Balaban J connectivity index is 1.17. The predicted molar refractivity (Wildman–Crippen MR) is 142 cm³/mol. The van der Waals surface area contributed by atoms with Crippen LogP contribution in [0, 0.1) is 0 Å². The largest absolute Gasteiger partial charge is 0.493 e. The topological polar surface area (TPSA) is 96.7 Å². The van der Waals surface area contributed by atoms with Crippen molar-refractivity contribution in [1.82, 2.24) is 34.7 Å². The lowest BCUT2D eigenvalue weighted by atomic mass is 9.97. The van der Waals surface area contributed by atoms with E-state index in [-0.39, 0.29) is 5.92 Å². The molecule has 3 aliphatic rings. The number of thiazole rings is 1. The average molecular weight is 521 g/mol. The Morgan fingerprint density at radius 1 is 1.14 bits per heavy atom. The van der Waals surface area contributed by atoms with Crippen molar-refractivity contribution in [2.75, 3.05) is 38.3 Å². The van der Waals surface area contributed by atoms with Gasteiger partial charge in [0, 0.05) is 61.8 Å². The zero-order valence-electron chi connectivity index (χ0n) is 21.4. The number of fused-ring (bicyclic) bond motifs is 3. The molecule has 2 atom stereocenters. The predicted octanol–water partition coefficient (Wildman–Crippen LogP) is 3.82. The van der Waals surface area contributed by atoms with Crippen molar-refractivity contribution in [3.8, 4) is 27.7 Å². The number of aromatic nitrogens is 6. The van der Waals surface area contributed by atoms with E-state index < -0.39 is 0 Å². The zero-order valence-corrected chi connectivity index (χ0v) is 22.2. The molecule has 2 bridgehead atoms. The van der Waals surface area contributed by atoms with E-state index in [1.54, 1.807) is 23.0 Å². The molecule has 7 rings (SSSR count). The number of hydrogen-bond donors (Lipinski definition) is 1. The fraction of sp³-hybridized carbons (Fsp3) is 0.538. The first-order chi connectivity index (χ1) is 18.1. The first kappa shape index (κ1) is 23.1. The lowest BCUT2D eigenvalue weighted by Gasteiger charge is -2.40. The highest BCUT2D eigenvalue weighted by Crippen LogP contribution is 2.43.